The number of nitrogens with one attached hydrogen (secondary N) is 1. The molecule has 1 heterocycles. The summed E-state index contributed by atoms with van der Waals surface area (Å²) in [5.74, 6) is -0.215. The Morgan fingerprint density at radius 2 is 1.83 bits per heavy atom. The van der Waals surface area contributed by atoms with Gasteiger partial charge in [0.2, 0.25) is 15.9 Å². The Kier molecular flexibility index (Phi) is 4.12. The fraction of sp³-hybridized carbons (Fsp3) is 0.0667. The summed E-state index contributed by atoms with van der Waals surface area (Å²) >= 11 is 1.47. The minimum atomic E-state index is -3.73. The fourth-order valence-corrected chi connectivity index (χ4v) is 3.55. The molecule has 3 aromatic rings. The maximum absolute atomic E-state index is 12.1. The highest BCUT2D eigenvalue weighted by Gasteiger charge is 2.10. The number of hydrogen-bond acceptors (Lipinski definition) is 5. The van der Waals surface area contributed by atoms with Crippen LogP contribution in [0.5, 0.6) is 0 Å². The Balaban J connectivity index is 1.69. The number of carbonyl (C=O) groups excluding carboxylic acids is 1. The Bertz CT molecular complexity index is 930. The fourth-order valence-electron chi connectivity index (χ4n) is 2.07. The summed E-state index contributed by atoms with van der Waals surface area (Å²) < 4.78 is 23.4. The summed E-state index contributed by atoms with van der Waals surface area (Å²) in [7, 11) is -3.73. The smallest absolute Gasteiger partial charge is 0.238 e. The van der Waals surface area contributed by atoms with Crippen LogP contribution in [0.2, 0.25) is 0 Å². The summed E-state index contributed by atoms with van der Waals surface area (Å²) in [4.78, 5) is 16.5. The van der Waals surface area contributed by atoms with Gasteiger partial charge in [-0.05, 0) is 36.4 Å². The monoisotopic (exact) mass is 347 g/mol. The normalized spacial score (nSPS) is 11.5. The van der Waals surface area contributed by atoms with Gasteiger partial charge in [0.05, 0.1) is 21.5 Å². The lowest BCUT2D eigenvalue weighted by atomic mass is 10.3. The van der Waals surface area contributed by atoms with Gasteiger partial charge in [-0.25, -0.2) is 18.5 Å². The molecule has 0 saturated carbocycles. The molecule has 0 radical (unpaired) electrons. The quantitative estimate of drug-likeness (QED) is 0.754. The molecular formula is C15H13N3O3S2. The van der Waals surface area contributed by atoms with E-state index in [0.29, 0.717) is 5.69 Å². The van der Waals surface area contributed by atoms with Crippen LogP contribution < -0.4 is 10.5 Å². The number of sulfonamides is 1. The second-order valence-electron chi connectivity index (χ2n) is 4.87. The summed E-state index contributed by atoms with van der Waals surface area (Å²) in [5.41, 5.74) is 1.38. The topological polar surface area (TPSA) is 102 Å². The molecule has 3 N–H and O–H groups in total. The number of hydrogen-bond donors (Lipinski definition) is 2. The number of benzene rings is 2. The zero-order chi connectivity index (χ0) is 16.4. The maximum atomic E-state index is 12.1. The highest BCUT2D eigenvalue weighted by molar-refractivity contribution is 7.89. The SMILES string of the molecule is NS(=O)(=O)c1ccc(NC(=O)Cc2nc3ccccc3s2)cc1. The van der Waals surface area contributed by atoms with Gasteiger partial charge in [-0.2, -0.15) is 0 Å². The van der Waals surface area contributed by atoms with Gasteiger partial charge in [-0.15, -0.1) is 11.3 Å². The van der Waals surface area contributed by atoms with Crippen molar-refractivity contribution in [3.05, 3.63) is 53.5 Å². The number of aromatic nitrogens is 1. The van der Waals surface area contributed by atoms with Crippen molar-refractivity contribution < 1.29 is 13.2 Å². The Morgan fingerprint density at radius 3 is 2.48 bits per heavy atom. The van der Waals surface area contributed by atoms with Crippen LogP contribution in [0.1, 0.15) is 5.01 Å². The molecule has 0 bridgehead atoms. The summed E-state index contributed by atoms with van der Waals surface area (Å²) in [6, 6.07) is 13.4. The number of para-hydroxylation sites is 1. The molecule has 0 atom stereocenters. The third-order valence-corrected chi connectivity index (χ3v) is 5.08. The molecule has 0 aliphatic heterocycles. The van der Waals surface area contributed by atoms with Gasteiger partial charge in [0.15, 0.2) is 0 Å². The van der Waals surface area contributed by atoms with Crippen molar-refractivity contribution in [3.63, 3.8) is 0 Å². The number of fused-ring (bicyclic) bond motifs is 1. The molecule has 0 spiro atoms. The summed E-state index contributed by atoms with van der Waals surface area (Å²) in [6.45, 7) is 0. The molecule has 0 aliphatic rings. The first kappa shape index (κ1) is 15.6. The number of nitrogens with two attached hydrogens (primary N) is 1. The summed E-state index contributed by atoms with van der Waals surface area (Å²) in [5, 5.41) is 8.46. The lowest BCUT2D eigenvalue weighted by molar-refractivity contribution is -0.115. The number of carbonyl (C=O) groups is 1. The van der Waals surface area contributed by atoms with Crippen LogP contribution in [-0.2, 0) is 21.2 Å². The van der Waals surface area contributed by atoms with Crippen molar-refractivity contribution in [1.29, 1.82) is 0 Å². The molecule has 0 unspecified atom stereocenters. The number of nitrogens with zero attached hydrogens (tertiary/aromatic N) is 1. The summed E-state index contributed by atoms with van der Waals surface area (Å²) in [6.07, 6.45) is 0.163. The molecule has 23 heavy (non-hydrogen) atoms. The van der Waals surface area contributed by atoms with E-state index in [9.17, 15) is 13.2 Å². The number of anilines is 1. The van der Waals surface area contributed by atoms with E-state index in [1.165, 1.54) is 35.6 Å². The van der Waals surface area contributed by atoms with E-state index in [0.717, 1.165) is 15.2 Å². The van der Waals surface area contributed by atoms with Crippen LogP contribution in [0.3, 0.4) is 0 Å². The first-order valence-electron chi connectivity index (χ1n) is 6.69. The number of thiazole rings is 1. The van der Waals surface area contributed by atoms with Crippen LogP contribution in [-0.4, -0.2) is 19.3 Å². The Labute approximate surface area is 137 Å². The molecule has 118 valence electrons. The molecular weight excluding hydrogens is 334 g/mol. The van der Waals surface area contributed by atoms with Crippen molar-refractivity contribution >= 4 is 43.2 Å². The standard InChI is InChI=1S/C15H13N3O3S2/c16-23(20,21)11-7-5-10(6-8-11)17-14(19)9-15-18-12-3-1-2-4-13(12)22-15/h1-8H,9H2,(H,17,19)(H2,16,20,21). The van der Waals surface area contributed by atoms with Crippen LogP contribution in [0.15, 0.2) is 53.4 Å². The molecule has 0 saturated heterocycles. The van der Waals surface area contributed by atoms with E-state index in [1.807, 2.05) is 24.3 Å². The maximum Gasteiger partial charge on any atom is 0.238 e. The third kappa shape index (κ3) is 3.73. The number of amides is 1. The van der Waals surface area contributed by atoms with Gasteiger partial charge in [0, 0.05) is 5.69 Å². The molecule has 0 aliphatic carbocycles. The van der Waals surface area contributed by atoms with Crippen LogP contribution in [0.4, 0.5) is 5.69 Å². The molecule has 8 heteroatoms. The molecule has 3 rings (SSSR count). The van der Waals surface area contributed by atoms with Gasteiger partial charge >= 0.3 is 0 Å². The lowest BCUT2D eigenvalue weighted by Crippen LogP contribution is -2.15. The minimum Gasteiger partial charge on any atom is -0.326 e. The zero-order valence-electron chi connectivity index (χ0n) is 11.9. The second kappa shape index (κ2) is 6.07. The molecule has 0 fully saturated rings. The van der Waals surface area contributed by atoms with E-state index < -0.39 is 10.0 Å². The predicted octanol–water partition coefficient (Wildman–Crippen LogP) is 2.12. The molecule has 1 aromatic heterocycles. The number of primary sulfonamides is 1. The van der Waals surface area contributed by atoms with E-state index in [4.69, 9.17) is 5.14 Å². The third-order valence-electron chi connectivity index (χ3n) is 3.12. The molecule has 6 nitrogen and oxygen atoms in total. The second-order valence-corrected chi connectivity index (χ2v) is 7.55. The first-order valence-corrected chi connectivity index (χ1v) is 9.05. The van der Waals surface area contributed by atoms with Crippen molar-refractivity contribution in [3.8, 4) is 0 Å². The van der Waals surface area contributed by atoms with Crippen molar-refractivity contribution in [2.75, 3.05) is 5.32 Å². The van der Waals surface area contributed by atoms with Crippen molar-refractivity contribution in [2.24, 2.45) is 5.14 Å². The van der Waals surface area contributed by atoms with E-state index >= 15 is 0 Å². The Hall–Kier alpha value is -2.29. The van der Waals surface area contributed by atoms with E-state index in [2.05, 4.69) is 10.3 Å². The first-order chi connectivity index (χ1) is 10.9. The van der Waals surface area contributed by atoms with E-state index in [1.54, 1.807) is 0 Å². The highest BCUT2D eigenvalue weighted by atomic mass is 32.2. The van der Waals surface area contributed by atoms with Crippen molar-refractivity contribution in [1.82, 2.24) is 4.98 Å². The van der Waals surface area contributed by atoms with Crippen LogP contribution in [0, 0.1) is 0 Å². The van der Waals surface area contributed by atoms with Gasteiger partial charge in [0.25, 0.3) is 0 Å². The largest absolute Gasteiger partial charge is 0.326 e. The molecule has 2 aromatic carbocycles. The van der Waals surface area contributed by atoms with Gasteiger partial charge in [-0.1, -0.05) is 12.1 Å². The lowest BCUT2D eigenvalue weighted by Gasteiger charge is -2.04. The predicted molar refractivity (Wildman–Crippen MR) is 89.8 cm³/mol. The van der Waals surface area contributed by atoms with Crippen LogP contribution in [0.25, 0.3) is 10.2 Å². The zero-order valence-corrected chi connectivity index (χ0v) is 13.5. The van der Waals surface area contributed by atoms with Gasteiger partial charge < -0.3 is 5.32 Å². The van der Waals surface area contributed by atoms with Gasteiger partial charge in [0.1, 0.15) is 5.01 Å². The minimum absolute atomic E-state index is 0.00155. The Morgan fingerprint density at radius 1 is 1.13 bits per heavy atom. The molecule has 1 amide bonds. The average Bonchev–Trinajstić information content (AvgIpc) is 2.88. The average molecular weight is 347 g/mol. The van der Waals surface area contributed by atoms with Crippen molar-refractivity contribution in [2.45, 2.75) is 11.3 Å². The number of rotatable bonds is 4. The van der Waals surface area contributed by atoms with Gasteiger partial charge in [-0.3, -0.25) is 4.79 Å². The van der Waals surface area contributed by atoms with Crippen LogP contribution >= 0.6 is 11.3 Å². The van der Waals surface area contributed by atoms with E-state index in [-0.39, 0.29) is 17.2 Å². The highest BCUT2D eigenvalue weighted by Crippen LogP contribution is 2.22.